The van der Waals surface area contributed by atoms with E-state index >= 15 is 0 Å². The van der Waals surface area contributed by atoms with Crippen molar-refractivity contribution in [1.82, 2.24) is 9.80 Å². The second kappa shape index (κ2) is 8.41. The molecule has 0 aromatic heterocycles. The van der Waals surface area contributed by atoms with E-state index in [1.807, 2.05) is 49.9 Å². The molecule has 2 atom stereocenters. The van der Waals surface area contributed by atoms with Gasteiger partial charge >= 0.3 is 6.09 Å². The largest absolute Gasteiger partial charge is 0.497 e. The third kappa shape index (κ3) is 4.78. The lowest BCUT2D eigenvalue weighted by Crippen LogP contribution is -2.47. The Morgan fingerprint density at radius 2 is 1.71 bits per heavy atom. The Bertz CT molecular complexity index is 695. The number of piperidine rings is 1. The summed E-state index contributed by atoms with van der Waals surface area (Å²) in [6.45, 7) is 7.46. The third-order valence-electron chi connectivity index (χ3n) is 5.46. The molecule has 0 saturated carbocycles. The number of benzene rings is 1. The van der Waals surface area contributed by atoms with Crippen molar-refractivity contribution >= 4 is 12.0 Å². The number of rotatable bonds is 3. The van der Waals surface area contributed by atoms with E-state index in [0.29, 0.717) is 13.1 Å². The molecule has 1 aromatic rings. The van der Waals surface area contributed by atoms with Crippen molar-refractivity contribution in [2.24, 2.45) is 5.92 Å². The highest BCUT2D eigenvalue weighted by Gasteiger charge is 2.37. The lowest BCUT2D eigenvalue weighted by atomic mass is 9.95. The molecule has 6 heteroatoms. The zero-order chi connectivity index (χ0) is 20.3. The summed E-state index contributed by atoms with van der Waals surface area (Å²) in [6, 6.07) is 8.09. The van der Waals surface area contributed by atoms with Gasteiger partial charge in [-0.15, -0.1) is 0 Å². The van der Waals surface area contributed by atoms with Crippen LogP contribution in [0.3, 0.4) is 0 Å². The molecule has 2 saturated heterocycles. The fraction of sp³-hybridized carbons (Fsp3) is 0.636. The van der Waals surface area contributed by atoms with Gasteiger partial charge in [0.25, 0.3) is 0 Å². The summed E-state index contributed by atoms with van der Waals surface area (Å²) in [5.41, 5.74) is 0.620. The summed E-state index contributed by atoms with van der Waals surface area (Å²) in [5.74, 6) is 0.826. The Balaban J connectivity index is 1.67. The number of methoxy groups -OCH3 is 1. The van der Waals surface area contributed by atoms with Crippen LogP contribution < -0.4 is 4.74 Å². The van der Waals surface area contributed by atoms with Crippen LogP contribution in [0.1, 0.15) is 58.1 Å². The number of likely N-dealkylation sites (tertiary alicyclic amines) is 2. The number of ether oxygens (including phenoxy) is 2. The van der Waals surface area contributed by atoms with Crippen LogP contribution >= 0.6 is 0 Å². The van der Waals surface area contributed by atoms with Crippen molar-refractivity contribution in [2.45, 2.75) is 58.1 Å². The van der Waals surface area contributed by atoms with E-state index in [2.05, 4.69) is 0 Å². The molecule has 0 aliphatic carbocycles. The molecule has 2 fully saturated rings. The fourth-order valence-corrected chi connectivity index (χ4v) is 4.11. The second-order valence-corrected chi connectivity index (χ2v) is 8.73. The molecule has 2 amide bonds. The lowest BCUT2D eigenvalue weighted by molar-refractivity contribution is -0.138. The Labute approximate surface area is 167 Å². The summed E-state index contributed by atoms with van der Waals surface area (Å²) in [7, 11) is 1.65. The fourth-order valence-electron chi connectivity index (χ4n) is 4.11. The molecule has 6 nitrogen and oxygen atoms in total. The van der Waals surface area contributed by atoms with Gasteiger partial charge in [-0.2, -0.15) is 0 Å². The van der Waals surface area contributed by atoms with Gasteiger partial charge in [0, 0.05) is 19.6 Å². The van der Waals surface area contributed by atoms with Gasteiger partial charge < -0.3 is 19.3 Å². The maximum atomic E-state index is 13.3. The summed E-state index contributed by atoms with van der Waals surface area (Å²) in [6.07, 6.45) is 3.31. The number of hydrogen-bond donors (Lipinski definition) is 0. The second-order valence-electron chi connectivity index (χ2n) is 8.73. The molecule has 2 heterocycles. The van der Waals surface area contributed by atoms with Crippen LogP contribution in [0.25, 0.3) is 0 Å². The van der Waals surface area contributed by atoms with E-state index in [0.717, 1.165) is 43.5 Å². The smallest absolute Gasteiger partial charge is 0.410 e. The van der Waals surface area contributed by atoms with Gasteiger partial charge in [-0.1, -0.05) is 12.1 Å². The first-order valence-corrected chi connectivity index (χ1v) is 10.2. The van der Waals surface area contributed by atoms with Gasteiger partial charge in [0.05, 0.1) is 19.1 Å². The van der Waals surface area contributed by atoms with Gasteiger partial charge in [0.1, 0.15) is 11.4 Å². The van der Waals surface area contributed by atoms with Crippen LogP contribution in [0.5, 0.6) is 5.75 Å². The predicted molar refractivity (Wildman–Crippen MR) is 107 cm³/mol. The maximum absolute atomic E-state index is 13.3. The standard InChI is InChI=1S/C22H32N2O4/c1-22(2,3)28-21(26)23-13-5-7-17(15-23)20(25)24-14-6-8-19(24)16-9-11-18(27-4)12-10-16/h9-12,17,19H,5-8,13-15H2,1-4H3/t17-,19-/m1/s1. The molecule has 1 aromatic carbocycles. The highest BCUT2D eigenvalue weighted by molar-refractivity contribution is 5.81. The van der Waals surface area contributed by atoms with Crippen LogP contribution in [-0.2, 0) is 9.53 Å². The van der Waals surface area contributed by atoms with Crippen molar-refractivity contribution in [3.63, 3.8) is 0 Å². The molecule has 2 aliphatic rings. The predicted octanol–water partition coefficient (Wildman–Crippen LogP) is 4.01. The lowest BCUT2D eigenvalue weighted by Gasteiger charge is -2.36. The third-order valence-corrected chi connectivity index (χ3v) is 5.46. The number of amides is 2. The zero-order valence-corrected chi connectivity index (χ0v) is 17.4. The van der Waals surface area contributed by atoms with Crippen molar-refractivity contribution in [2.75, 3.05) is 26.7 Å². The first-order valence-electron chi connectivity index (χ1n) is 10.2. The molecular formula is C22H32N2O4. The van der Waals surface area contributed by atoms with E-state index < -0.39 is 5.60 Å². The molecule has 154 valence electrons. The van der Waals surface area contributed by atoms with Crippen LogP contribution in [-0.4, -0.2) is 54.1 Å². The molecule has 0 radical (unpaired) electrons. The Morgan fingerprint density at radius 1 is 1.04 bits per heavy atom. The topological polar surface area (TPSA) is 59.1 Å². The first kappa shape index (κ1) is 20.5. The average Bonchev–Trinajstić information content (AvgIpc) is 3.16. The van der Waals surface area contributed by atoms with Crippen LogP contribution in [0.4, 0.5) is 4.79 Å². The van der Waals surface area contributed by atoms with Crippen LogP contribution in [0, 0.1) is 5.92 Å². The molecule has 3 rings (SSSR count). The maximum Gasteiger partial charge on any atom is 0.410 e. The molecule has 28 heavy (non-hydrogen) atoms. The highest BCUT2D eigenvalue weighted by Crippen LogP contribution is 2.35. The number of hydrogen-bond acceptors (Lipinski definition) is 4. The van der Waals surface area contributed by atoms with E-state index in [9.17, 15) is 9.59 Å². The van der Waals surface area contributed by atoms with Gasteiger partial charge in [-0.3, -0.25) is 4.79 Å². The molecule has 0 N–H and O–H groups in total. The molecule has 0 bridgehead atoms. The van der Waals surface area contributed by atoms with E-state index in [1.54, 1.807) is 12.0 Å². The summed E-state index contributed by atoms with van der Waals surface area (Å²) < 4.78 is 10.7. The van der Waals surface area contributed by atoms with Gasteiger partial charge in [-0.25, -0.2) is 4.79 Å². The van der Waals surface area contributed by atoms with Crippen molar-refractivity contribution in [1.29, 1.82) is 0 Å². The van der Waals surface area contributed by atoms with Gasteiger partial charge in [-0.05, 0) is 64.2 Å². The Kier molecular flexibility index (Phi) is 6.16. The highest BCUT2D eigenvalue weighted by atomic mass is 16.6. The van der Waals surface area contributed by atoms with Crippen LogP contribution in [0.15, 0.2) is 24.3 Å². The quantitative estimate of drug-likeness (QED) is 0.785. The Hall–Kier alpha value is -2.24. The van der Waals surface area contributed by atoms with Gasteiger partial charge in [0.2, 0.25) is 5.91 Å². The zero-order valence-electron chi connectivity index (χ0n) is 17.4. The monoisotopic (exact) mass is 388 g/mol. The van der Waals surface area contributed by atoms with E-state index in [1.165, 1.54) is 0 Å². The van der Waals surface area contributed by atoms with Crippen LogP contribution in [0.2, 0.25) is 0 Å². The molecule has 0 spiro atoms. The number of carbonyl (C=O) groups is 2. The number of carbonyl (C=O) groups excluding carboxylic acids is 2. The summed E-state index contributed by atoms with van der Waals surface area (Å²) >= 11 is 0. The van der Waals surface area contributed by atoms with E-state index in [4.69, 9.17) is 9.47 Å². The van der Waals surface area contributed by atoms with Crippen molar-refractivity contribution in [3.8, 4) is 5.75 Å². The Morgan fingerprint density at radius 3 is 2.36 bits per heavy atom. The van der Waals surface area contributed by atoms with Crippen molar-refractivity contribution in [3.05, 3.63) is 29.8 Å². The first-order chi connectivity index (χ1) is 13.3. The minimum absolute atomic E-state index is 0.107. The summed E-state index contributed by atoms with van der Waals surface area (Å²) in [4.78, 5) is 29.4. The van der Waals surface area contributed by atoms with Gasteiger partial charge in [0.15, 0.2) is 0 Å². The SMILES string of the molecule is COc1ccc([C@H]2CCCN2C(=O)[C@@H]2CCCN(C(=O)OC(C)(C)C)C2)cc1. The van der Waals surface area contributed by atoms with Crippen molar-refractivity contribution < 1.29 is 19.1 Å². The molecule has 2 aliphatic heterocycles. The molecular weight excluding hydrogens is 356 g/mol. The minimum atomic E-state index is -0.525. The summed E-state index contributed by atoms with van der Waals surface area (Å²) in [5, 5.41) is 0. The number of nitrogens with zero attached hydrogens (tertiary/aromatic N) is 2. The molecule has 0 unspecified atom stereocenters. The van der Waals surface area contributed by atoms with E-state index in [-0.39, 0.29) is 24.0 Å². The minimum Gasteiger partial charge on any atom is -0.497 e. The normalized spacial score (nSPS) is 22.9. The average molecular weight is 389 g/mol.